The van der Waals surface area contributed by atoms with Gasteiger partial charge in [-0.2, -0.15) is 0 Å². The first-order valence-electron chi connectivity index (χ1n) is 4.57. The van der Waals surface area contributed by atoms with Crippen LogP contribution in [0, 0.1) is 6.92 Å². The third kappa shape index (κ3) is 2.08. The normalized spacial score (nSPS) is 10.8. The quantitative estimate of drug-likeness (QED) is 0.522. The second-order valence-corrected chi connectivity index (χ2v) is 4.30. The van der Waals surface area contributed by atoms with Crippen molar-refractivity contribution in [3.63, 3.8) is 0 Å². The summed E-state index contributed by atoms with van der Waals surface area (Å²) in [6, 6.07) is 1.78. The molecule has 4 N–H and O–H groups in total. The van der Waals surface area contributed by atoms with E-state index in [4.69, 9.17) is 5.73 Å². The average Bonchev–Trinajstić information content (AvgIpc) is 2.56. The van der Waals surface area contributed by atoms with Gasteiger partial charge >= 0.3 is 0 Å². The van der Waals surface area contributed by atoms with Gasteiger partial charge in [0.25, 0.3) is 5.56 Å². The lowest BCUT2D eigenvalue weighted by Gasteiger charge is -1.97. The molecule has 0 aromatic carbocycles. The SMILES string of the molecule is Cc1cc2nc(SCC(N)=O)[nH]c(=O)c2[nH]1. The summed E-state index contributed by atoms with van der Waals surface area (Å²) in [5.74, 6) is -0.351. The molecule has 84 valence electrons. The highest BCUT2D eigenvalue weighted by Crippen LogP contribution is 2.14. The predicted molar refractivity (Wildman–Crippen MR) is 61.4 cm³/mol. The highest BCUT2D eigenvalue weighted by molar-refractivity contribution is 7.99. The number of carbonyl (C=O) groups excluding carboxylic acids is 1. The lowest BCUT2D eigenvalue weighted by molar-refractivity contribution is -0.115. The summed E-state index contributed by atoms with van der Waals surface area (Å²) in [6.07, 6.45) is 0. The number of aryl methyl sites for hydroxylation is 1. The van der Waals surface area contributed by atoms with Gasteiger partial charge in [-0.1, -0.05) is 11.8 Å². The Morgan fingerprint density at radius 3 is 3.00 bits per heavy atom. The third-order valence-electron chi connectivity index (χ3n) is 1.95. The molecule has 1 amide bonds. The topological polar surface area (TPSA) is 105 Å². The van der Waals surface area contributed by atoms with Gasteiger partial charge in [-0.25, -0.2) is 4.98 Å². The van der Waals surface area contributed by atoms with E-state index in [-0.39, 0.29) is 11.3 Å². The number of carbonyl (C=O) groups is 1. The van der Waals surface area contributed by atoms with Crippen LogP contribution in [0.4, 0.5) is 0 Å². The molecular weight excluding hydrogens is 228 g/mol. The van der Waals surface area contributed by atoms with E-state index in [1.54, 1.807) is 6.07 Å². The molecule has 0 aliphatic carbocycles. The number of aromatic amines is 2. The Kier molecular flexibility index (Phi) is 2.69. The van der Waals surface area contributed by atoms with Crippen LogP contribution in [0.15, 0.2) is 16.0 Å². The number of hydrogen-bond donors (Lipinski definition) is 3. The highest BCUT2D eigenvalue weighted by Gasteiger charge is 2.07. The minimum atomic E-state index is -0.446. The van der Waals surface area contributed by atoms with Crippen molar-refractivity contribution in [2.45, 2.75) is 12.1 Å². The summed E-state index contributed by atoms with van der Waals surface area (Å²) in [6.45, 7) is 1.84. The van der Waals surface area contributed by atoms with Crippen LogP contribution in [0.5, 0.6) is 0 Å². The minimum absolute atomic E-state index is 0.0951. The highest BCUT2D eigenvalue weighted by atomic mass is 32.2. The van der Waals surface area contributed by atoms with Crippen molar-refractivity contribution >= 4 is 28.7 Å². The molecule has 0 aliphatic rings. The number of thioether (sulfide) groups is 1. The van der Waals surface area contributed by atoms with Crippen LogP contribution in [-0.4, -0.2) is 26.6 Å². The van der Waals surface area contributed by atoms with Crippen molar-refractivity contribution in [2.75, 3.05) is 5.75 Å². The molecule has 2 rings (SSSR count). The lowest BCUT2D eigenvalue weighted by atomic mass is 10.4. The summed E-state index contributed by atoms with van der Waals surface area (Å²) in [7, 11) is 0. The first-order valence-corrected chi connectivity index (χ1v) is 5.55. The molecule has 16 heavy (non-hydrogen) atoms. The van der Waals surface area contributed by atoms with E-state index in [0.717, 1.165) is 17.5 Å². The van der Waals surface area contributed by atoms with Gasteiger partial charge in [0.15, 0.2) is 5.16 Å². The second kappa shape index (κ2) is 4.01. The molecule has 0 atom stereocenters. The maximum absolute atomic E-state index is 11.6. The second-order valence-electron chi connectivity index (χ2n) is 3.34. The Bertz CT molecular complexity index is 601. The van der Waals surface area contributed by atoms with Crippen molar-refractivity contribution in [2.24, 2.45) is 5.73 Å². The van der Waals surface area contributed by atoms with Crippen molar-refractivity contribution in [3.05, 3.63) is 22.1 Å². The van der Waals surface area contributed by atoms with Gasteiger partial charge in [-0.3, -0.25) is 14.6 Å². The van der Waals surface area contributed by atoms with E-state index in [9.17, 15) is 9.59 Å². The molecule has 0 saturated heterocycles. The van der Waals surface area contributed by atoms with E-state index in [2.05, 4.69) is 15.0 Å². The number of aromatic nitrogens is 3. The Hall–Kier alpha value is -1.76. The average molecular weight is 238 g/mol. The van der Waals surface area contributed by atoms with Crippen LogP contribution < -0.4 is 11.3 Å². The van der Waals surface area contributed by atoms with E-state index in [1.807, 2.05) is 6.92 Å². The molecule has 0 radical (unpaired) electrons. The van der Waals surface area contributed by atoms with Crippen LogP contribution in [0.2, 0.25) is 0 Å². The number of nitrogens with two attached hydrogens (primary N) is 1. The summed E-state index contributed by atoms with van der Waals surface area (Å²) in [5, 5.41) is 0.398. The Morgan fingerprint density at radius 1 is 1.56 bits per heavy atom. The van der Waals surface area contributed by atoms with E-state index < -0.39 is 5.91 Å². The molecule has 2 aromatic rings. The summed E-state index contributed by atoms with van der Waals surface area (Å²) in [4.78, 5) is 31.9. The van der Waals surface area contributed by atoms with Crippen molar-refractivity contribution in [1.29, 1.82) is 0 Å². The molecule has 2 aromatic heterocycles. The molecule has 2 heterocycles. The number of H-pyrrole nitrogens is 2. The van der Waals surface area contributed by atoms with Gasteiger partial charge in [-0.15, -0.1) is 0 Å². The molecule has 7 heteroatoms. The monoisotopic (exact) mass is 238 g/mol. The van der Waals surface area contributed by atoms with E-state index in [1.165, 1.54) is 0 Å². The standard InChI is InChI=1S/C9H10N4O2S/c1-4-2-5-7(11-4)8(15)13-9(12-5)16-3-6(10)14/h2,11H,3H2,1H3,(H2,10,14)(H,12,13,15). The maximum Gasteiger partial charge on any atom is 0.275 e. The Balaban J connectivity index is 2.41. The number of hydrogen-bond acceptors (Lipinski definition) is 4. The summed E-state index contributed by atoms with van der Waals surface area (Å²) in [5.41, 5.74) is 6.67. The number of nitrogens with zero attached hydrogens (tertiary/aromatic N) is 1. The third-order valence-corrected chi connectivity index (χ3v) is 2.85. The van der Waals surface area contributed by atoms with E-state index >= 15 is 0 Å². The van der Waals surface area contributed by atoms with Crippen LogP contribution in [0.1, 0.15) is 5.69 Å². The maximum atomic E-state index is 11.6. The van der Waals surface area contributed by atoms with Gasteiger partial charge in [0.2, 0.25) is 5.91 Å². The largest absolute Gasteiger partial charge is 0.369 e. The van der Waals surface area contributed by atoms with Crippen LogP contribution in [-0.2, 0) is 4.79 Å². The number of amides is 1. The molecule has 0 bridgehead atoms. The Morgan fingerprint density at radius 2 is 2.31 bits per heavy atom. The number of primary amides is 1. The molecular formula is C9H10N4O2S. The molecule has 0 fully saturated rings. The molecule has 0 saturated carbocycles. The predicted octanol–water partition coefficient (Wildman–Crippen LogP) is 0.137. The Labute approximate surface area is 94.6 Å². The molecule has 6 nitrogen and oxygen atoms in total. The fourth-order valence-corrected chi connectivity index (χ4v) is 1.95. The van der Waals surface area contributed by atoms with Crippen LogP contribution in [0.3, 0.4) is 0 Å². The number of nitrogens with one attached hydrogen (secondary N) is 2. The smallest absolute Gasteiger partial charge is 0.275 e. The molecule has 0 aliphatic heterocycles. The van der Waals surface area contributed by atoms with E-state index in [0.29, 0.717) is 16.2 Å². The van der Waals surface area contributed by atoms with Crippen LogP contribution >= 0.6 is 11.8 Å². The molecule has 0 spiro atoms. The summed E-state index contributed by atoms with van der Waals surface area (Å²) >= 11 is 1.11. The van der Waals surface area contributed by atoms with Gasteiger partial charge < -0.3 is 10.7 Å². The number of fused-ring (bicyclic) bond motifs is 1. The summed E-state index contributed by atoms with van der Waals surface area (Å²) < 4.78 is 0. The minimum Gasteiger partial charge on any atom is -0.369 e. The van der Waals surface area contributed by atoms with Crippen molar-refractivity contribution < 1.29 is 4.79 Å². The first kappa shape index (κ1) is 10.7. The molecule has 0 unspecified atom stereocenters. The van der Waals surface area contributed by atoms with Gasteiger partial charge in [0, 0.05) is 5.69 Å². The fourth-order valence-electron chi connectivity index (χ4n) is 1.34. The number of rotatable bonds is 3. The zero-order valence-electron chi connectivity index (χ0n) is 8.53. The first-order chi connectivity index (χ1) is 7.56. The van der Waals surface area contributed by atoms with Crippen LogP contribution in [0.25, 0.3) is 11.0 Å². The van der Waals surface area contributed by atoms with Gasteiger partial charge in [-0.05, 0) is 13.0 Å². The van der Waals surface area contributed by atoms with Crippen molar-refractivity contribution in [3.8, 4) is 0 Å². The van der Waals surface area contributed by atoms with Gasteiger partial charge in [0.1, 0.15) is 5.52 Å². The lowest BCUT2D eigenvalue weighted by Crippen LogP contribution is -2.15. The zero-order valence-corrected chi connectivity index (χ0v) is 9.35. The fraction of sp³-hybridized carbons (Fsp3) is 0.222. The van der Waals surface area contributed by atoms with Gasteiger partial charge in [0.05, 0.1) is 11.3 Å². The van der Waals surface area contributed by atoms with Crippen molar-refractivity contribution in [1.82, 2.24) is 15.0 Å². The zero-order chi connectivity index (χ0) is 11.7.